The smallest absolute Gasteiger partial charge is 0.226 e. The third-order valence-corrected chi connectivity index (χ3v) is 4.60. The molecule has 1 aromatic rings. The molecule has 4 N–H and O–H groups in total. The minimum absolute atomic E-state index is 0.222. The van der Waals surface area contributed by atoms with Crippen LogP contribution in [-0.2, 0) is 10.3 Å². The highest BCUT2D eigenvalue weighted by Crippen LogP contribution is 2.41. The van der Waals surface area contributed by atoms with E-state index in [1.807, 2.05) is 0 Å². The van der Waals surface area contributed by atoms with Crippen molar-refractivity contribution in [1.29, 1.82) is 0 Å². The summed E-state index contributed by atoms with van der Waals surface area (Å²) >= 11 is 4.86. The van der Waals surface area contributed by atoms with Gasteiger partial charge in [0.15, 0.2) is 5.05 Å². The van der Waals surface area contributed by atoms with Gasteiger partial charge < -0.3 is 20.6 Å². The molecular weight excluding hydrogens is 302 g/mol. The Labute approximate surface area is 135 Å². The Bertz CT molecular complexity index is 604. The zero-order valence-corrected chi connectivity index (χ0v) is 13.6. The lowest BCUT2D eigenvalue weighted by molar-refractivity contribution is -0.123. The third kappa shape index (κ3) is 2.41. The molecule has 1 heterocycles. The summed E-state index contributed by atoms with van der Waals surface area (Å²) < 4.78 is 0. The summed E-state index contributed by atoms with van der Waals surface area (Å²) in [5.41, 5.74) is -0.645. The predicted octanol–water partition coefficient (Wildman–Crippen LogP) is 1.26. The first-order valence-corrected chi connectivity index (χ1v) is 7.65. The molecule has 5 nitrogen and oxygen atoms in total. The minimum atomic E-state index is -1.39. The van der Waals surface area contributed by atoms with Crippen molar-refractivity contribution in [3.63, 3.8) is 0 Å². The van der Waals surface area contributed by atoms with Crippen LogP contribution in [0.2, 0.25) is 0 Å². The molecule has 0 bridgehead atoms. The van der Waals surface area contributed by atoms with E-state index in [0.29, 0.717) is 11.1 Å². The van der Waals surface area contributed by atoms with Gasteiger partial charge in [-0.3, -0.25) is 4.79 Å². The Morgan fingerprint density at radius 1 is 1.36 bits per heavy atom. The fraction of sp³-hybridized carbons (Fsp3) is 0.500. The van der Waals surface area contributed by atoms with Crippen molar-refractivity contribution in [3.8, 4) is 0 Å². The van der Waals surface area contributed by atoms with Crippen molar-refractivity contribution >= 4 is 23.2 Å². The van der Waals surface area contributed by atoms with Crippen LogP contribution in [0.3, 0.4) is 0 Å². The van der Waals surface area contributed by atoms with Crippen molar-refractivity contribution in [2.45, 2.75) is 38.5 Å². The number of carbonyl (C=O) groups excluding carboxylic acids is 1. The number of thiocarbonyl (C=S) groups is 1. The summed E-state index contributed by atoms with van der Waals surface area (Å²) in [6, 6.07) is 6.68. The van der Waals surface area contributed by atoms with Gasteiger partial charge in [-0.25, -0.2) is 0 Å². The highest BCUT2D eigenvalue weighted by molar-refractivity contribution is 7.80. The van der Waals surface area contributed by atoms with Gasteiger partial charge in [-0.1, -0.05) is 39.0 Å². The van der Waals surface area contributed by atoms with Crippen molar-refractivity contribution in [3.05, 3.63) is 35.4 Å². The van der Waals surface area contributed by atoms with Crippen LogP contribution in [0.25, 0.3) is 0 Å². The van der Waals surface area contributed by atoms with Crippen molar-refractivity contribution in [2.75, 3.05) is 0 Å². The van der Waals surface area contributed by atoms with Crippen LogP contribution in [0.15, 0.2) is 24.3 Å². The second kappa shape index (κ2) is 5.95. The van der Waals surface area contributed by atoms with Crippen LogP contribution in [0, 0.1) is 11.8 Å². The topological polar surface area (TPSA) is 89.8 Å². The SMILES string of the molecule is CC(C)C(O)C1(c2ccccc2C(O)=S)NC(=O)C(C)C1O. The first-order chi connectivity index (χ1) is 10.2. The molecule has 0 spiro atoms. The van der Waals surface area contributed by atoms with Gasteiger partial charge in [-0.05, 0) is 29.8 Å². The number of hydrogen-bond donors (Lipinski definition) is 4. The van der Waals surface area contributed by atoms with E-state index in [-0.39, 0.29) is 16.9 Å². The van der Waals surface area contributed by atoms with Gasteiger partial charge in [-0.15, -0.1) is 0 Å². The molecule has 1 amide bonds. The molecule has 0 radical (unpaired) electrons. The molecule has 0 saturated carbocycles. The summed E-state index contributed by atoms with van der Waals surface area (Å²) in [7, 11) is 0. The number of amides is 1. The van der Waals surface area contributed by atoms with Crippen LogP contribution in [0.4, 0.5) is 0 Å². The van der Waals surface area contributed by atoms with Gasteiger partial charge in [0, 0.05) is 5.56 Å². The van der Waals surface area contributed by atoms with Crippen molar-refractivity contribution in [2.24, 2.45) is 11.8 Å². The summed E-state index contributed by atoms with van der Waals surface area (Å²) in [6.07, 6.45) is -2.17. The molecule has 22 heavy (non-hydrogen) atoms. The lowest BCUT2D eigenvalue weighted by Gasteiger charge is -2.40. The first-order valence-electron chi connectivity index (χ1n) is 7.24. The fourth-order valence-electron chi connectivity index (χ4n) is 3.12. The summed E-state index contributed by atoms with van der Waals surface area (Å²) in [5.74, 6) is -1.24. The predicted molar refractivity (Wildman–Crippen MR) is 86.6 cm³/mol. The number of aliphatic hydroxyl groups excluding tert-OH is 3. The molecule has 2 rings (SSSR count). The van der Waals surface area contributed by atoms with Gasteiger partial charge in [0.05, 0.1) is 18.1 Å². The molecular formula is C16H21NO4S. The van der Waals surface area contributed by atoms with E-state index in [2.05, 4.69) is 5.32 Å². The molecule has 1 fully saturated rings. The van der Waals surface area contributed by atoms with Crippen molar-refractivity contribution < 1.29 is 20.1 Å². The molecule has 4 unspecified atom stereocenters. The van der Waals surface area contributed by atoms with E-state index in [0.717, 1.165) is 0 Å². The molecule has 0 aliphatic carbocycles. The van der Waals surface area contributed by atoms with Crippen LogP contribution in [0.5, 0.6) is 0 Å². The number of carbonyl (C=O) groups is 1. The lowest BCUT2D eigenvalue weighted by Crippen LogP contribution is -2.57. The Hall–Kier alpha value is -1.50. The first kappa shape index (κ1) is 16.9. The van der Waals surface area contributed by atoms with Gasteiger partial charge in [0.2, 0.25) is 5.91 Å². The van der Waals surface area contributed by atoms with Crippen LogP contribution in [-0.4, -0.2) is 38.5 Å². The highest BCUT2D eigenvalue weighted by Gasteiger charge is 2.57. The van der Waals surface area contributed by atoms with E-state index in [4.69, 9.17) is 12.2 Å². The Morgan fingerprint density at radius 2 is 1.95 bits per heavy atom. The van der Waals surface area contributed by atoms with E-state index in [9.17, 15) is 20.1 Å². The number of nitrogens with one attached hydrogen (secondary N) is 1. The molecule has 6 heteroatoms. The average molecular weight is 323 g/mol. The van der Waals surface area contributed by atoms with Crippen LogP contribution < -0.4 is 5.32 Å². The molecule has 120 valence electrons. The maximum atomic E-state index is 12.1. The molecule has 4 atom stereocenters. The second-order valence-corrected chi connectivity index (χ2v) is 6.52. The summed E-state index contributed by atoms with van der Waals surface area (Å²) in [6.45, 7) is 5.21. The molecule has 1 saturated heterocycles. The Morgan fingerprint density at radius 3 is 2.41 bits per heavy atom. The monoisotopic (exact) mass is 323 g/mol. The lowest BCUT2D eigenvalue weighted by atomic mass is 9.73. The minimum Gasteiger partial charge on any atom is -0.499 e. The summed E-state index contributed by atoms with van der Waals surface area (Å²) in [4.78, 5) is 12.1. The maximum absolute atomic E-state index is 12.1. The van der Waals surface area contributed by atoms with Gasteiger partial charge in [0.1, 0.15) is 5.54 Å². The zero-order chi connectivity index (χ0) is 16.7. The normalized spacial score (nSPS) is 29.5. The van der Waals surface area contributed by atoms with Crippen molar-refractivity contribution in [1.82, 2.24) is 5.32 Å². The van der Waals surface area contributed by atoms with Gasteiger partial charge >= 0.3 is 0 Å². The maximum Gasteiger partial charge on any atom is 0.226 e. The summed E-state index contributed by atoms with van der Waals surface area (Å²) in [5, 5.41) is 33.6. The molecule has 1 aliphatic heterocycles. The zero-order valence-electron chi connectivity index (χ0n) is 12.8. The van der Waals surface area contributed by atoms with Crippen LogP contribution >= 0.6 is 12.2 Å². The number of benzene rings is 1. The van der Waals surface area contributed by atoms with E-state index < -0.39 is 23.7 Å². The largest absolute Gasteiger partial charge is 0.499 e. The highest BCUT2D eigenvalue weighted by atomic mass is 32.1. The Balaban J connectivity index is 2.71. The number of hydrogen-bond acceptors (Lipinski definition) is 4. The fourth-order valence-corrected chi connectivity index (χ4v) is 3.30. The van der Waals surface area contributed by atoms with E-state index in [1.165, 1.54) is 0 Å². The quantitative estimate of drug-likeness (QED) is 0.626. The van der Waals surface area contributed by atoms with Gasteiger partial charge in [-0.2, -0.15) is 0 Å². The average Bonchev–Trinajstić information content (AvgIpc) is 2.71. The molecule has 1 aliphatic rings. The van der Waals surface area contributed by atoms with Crippen LogP contribution in [0.1, 0.15) is 31.9 Å². The third-order valence-electron chi connectivity index (χ3n) is 4.38. The number of aliphatic hydroxyl groups is 3. The van der Waals surface area contributed by atoms with E-state index in [1.54, 1.807) is 45.0 Å². The second-order valence-electron chi connectivity index (χ2n) is 6.13. The standard InChI is InChI=1S/C16H21NO4S/c1-8(2)12(18)16(13(19)9(3)14(20)17-16)11-7-5-4-6-10(11)15(21)22/h4-9,12-13,18-19H,1-3H3,(H,17,20)(H,21,22). The number of rotatable bonds is 4. The Kier molecular flexibility index (Phi) is 4.56. The molecule has 1 aromatic carbocycles. The van der Waals surface area contributed by atoms with E-state index >= 15 is 0 Å². The molecule has 0 aromatic heterocycles. The van der Waals surface area contributed by atoms with Gasteiger partial charge in [0.25, 0.3) is 0 Å².